The maximum absolute atomic E-state index is 2.41. The Morgan fingerprint density at radius 2 is 0.571 bits per heavy atom. The molecule has 2 heteroatoms. The first-order chi connectivity index (χ1) is 13.6. The van der Waals surface area contributed by atoms with Gasteiger partial charge in [0.25, 0.3) is 0 Å². The molecular formula is C26H44P2. The van der Waals surface area contributed by atoms with Gasteiger partial charge in [-0.05, 0) is 107 Å². The minimum absolute atomic E-state index is 0.0335. The molecule has 0 fully saturated rings. The van der Waals surface area contributed by atoms with Gasteiger partial charge in [0.1, 0.15) is 0 Å². The van der Waals surface area contributed by atoms with Crippen LogP contribution in [-0.2, 0) is 63.7 Å². The lowest BCUT2D eigenvalue weighted by molar-refractivity contribution is 0.992. The third-order valence-corrected chi connectivity index (χ3v) is 13.4. The van der Waals surface area contributed by atoms with E-state index in [-0.39, 0.29) is 15.1 Å². The first-order valence-electron chi connectivity index (χ1n) is 12.0. The SMILES string of the molecule is CCc1c(CC)c(CC)p(CCp2c(CC)c(CC)c(CC)c2CC)c1CC. The summed E-state index contributed by atoms with van der Waals surface area (Å²) in [7, 11) is -0.0671. The van der Waals surface area contributed by atoms with Crippen LogP contribution in [0.1, 0.15) is 98.8 Å². The van der Waals surface area contributed by atoms with Crippen molar-refractivity contribution in [2.24, 2.45) is 0 Å². The van der Waals surface area contributed by atoms with Crippen LogP contribution in [0.4, 0.5) is 0 Å². The van der Waals surface area contributed by atoms with E-state index in [1.54, 1.807) is 22.3 Å². The van der Waals surface area contributed by atoms with Gasteiger partial charge in [-0.2, -0.15) is 0 Å². The minimum atomic E-state index is -0.0335. The van der Waals surface area contributed by atoms with E-state index in [9.17, 15) is 0 Å². The molecular weight excluding hydrogens is 374 g/mol. The van der Waals surface area contributed by atoms with Gasteiger partial charge in [0.2, 0.25) is 0 Å². The summed E-state index contributed by atoms with van der Waals surface area (Å²) in [6.45, 7) is 19.2. The molecule has 0 amide bonds. The second-order valence-corrected chi connectivity index (χ2v) is 12.6. The highest BCUT2D eigenvalue weighted by Gasteiger charge is 2.22. The van der Waals surface area contributed by atoms with Crippen LogP contribution in [0.15, 0.2) is 0 Å². The highest BCUT2D eigenvalue weighted by atomic mass is 31.1. The fourth-order valence-electron chi connectivity index (χ4n) is 5.70. The Morgan fingerprint density at radius 1 is 0.357 bits per heavy atom. The van der Waals surface area contributed by atoms with Gasteiger partial charge in [-0.25, -0.2) is 0 Å². The molecule has 0 atom stereocenters. The van der Waals surface area contributed by atoms with Crippen LogP contribution >= 0.6 is 15.1 Å². The molecule has 0 nitrogen and oxygen atoms in total. The van der Waals surface area contributed by atoms with E-state index in [1.165, 1.54) is 63.7 Å². The minimum Gasteiger partial charge on any atom is -0.117 e. The summed E-state index contributed by atoms with van der Waals surface area (Å²) < 4.78 is 0. The van der Waals surface area contributed by atoms with Gasteiger partial charge in [-0.15, -0.1) is 15.1 Å². The van der Waals surface area contributed by atoms with Crippen LogP contribution < -0.4 is 0 Å². The lowest BCUT2D eigenvalue weighted by atomic mass is 10.0. The Kier molecular flexibility index (Phi) is 9.44. The van der Waals surface area contributed by atoms with E-state index in [4.69, 9.17) is 0 Å². The van der Waals surface area contributed by atoms with Gasteiger partial charge in [0.15, 0.2) is 0 Å². The van der Waals surface area contributed by atoms with Gasteiger partial charge in [-0.1, -0.05) is 55.4 Å². The van der Waals surface area contributed by atoms with Gasteiger partial charge < -0.3 is 0 Å². The summed E-state index contributed by atoms with van der Waals surface area (Å²) in [5, 5.41) is 7.43. The molecule has 0 saturated carbocycles. The van der Waals surface area contributed by atoms with E-state index in [0.717, 1.165) is 0 Å². The molecule has 0 aliphatic rings. The molecule has 2 heterocycles. The Balaban J connectivity index is 2.53. The van der Waals surface area contributed by atoms with E-state index in [1.807, 2.05) is 21.2 Å². The van der Waals surface area contributed by atoms with E-state index < -0.39 is 0 Å². The highest BCUT2D eigenvalue weighted by Crippen LogP contribution is 2.53. The highest BCUT2D eigenvalue weighted by molar-refractivity contribution is 7.54. The zero-order chi connectivity index (χ0) is 20.8. The molecule has 158 valence electrons. The van der Waals surface area contributed by atoms with Crippen molar-refractivity contribution >= 4 is 15.1 Å². The monoisotopic (exact) mass is 418 g/mol. The fraction of sp³-hybridized carbons (Fsp3) is 0.692. The predicted molar refractivity (Wildman–Crippen MR) is 133 cm³/mol. The van der Waals surface area contributed by atoms with E-state index in [2.05, 4.69) is 55.4 Å². The standard InChI is InChI=1S/C26H44P2/c1-9-19-20(10-2)24(14-6)27(23(19)13-5)17-18-28-25(15-7)21(11-3)22(12-4)26(28)16-8/h9-18H2,1-8H3. The van der Waals surface area contributed by atoms with Crippen molar-refractivity contribution in [2.75, 3.05) is 0 Å². The van der Waals surface area contributed by atoms with Crippen molar-refractivity contribution in [3.8, 4) is 0 Å². The molecule has 0 unspecified atom stereocenters. The maximum atomic E-state index is 2.41. The largest absolute Gasteiger partial charge is 0.117 e. The third-order valence-electron chi connectivity index (χ3n) is 6.73. The topological polar surface area (TPSA) is 0 Å². The van der Waals surface area contributed by atoms with Crippen molar-refractivity contribution in [2.45, 2.75) is 119 Å². The second kappa shape index (κ2) is 11.1. The quantitative estimate of drug-likeness (QED) is 0.342. The summed E-state index contributed by atoms with van der Waals surface area (Å²) >= 11 is 0. The Hall–Kier alpha value is -0.440. The molecule has 28 heavy (non-hydrogen) atoms. The third kappa shape index (κ3) is 4.20. The van der Waals surface area contributed by atoms with E-state index >= 15 is 0 Å². The smallest absolute Gasteiger partial charge is 0.00625 e. The molecule has 0 bridgehead atoms. The number of hydrogen-bond donors (Lipinski definition) is 0. The van der Waals surface area contributed by atoms with Crippen LogP contribution in [0.5, 0.6) is 0 Å². The average Bonchev–Trinajstić information content (AvgIpc) is 3.20. The Labute approximate surface area is 177 Å². The molecule has 2 aromatic heterocycles. The summed E-state index contributed by atoms with van der Waals surface area (Å²) in [5.41, 5.74) is 7.03. The molecule has 0 aromatic carbocycles. The maximum Gasteiger partial charge on any atom is -0.00625 e. The van der Waals surface area contributed by atoms with Crippen LogP contribution in [0.3, 0.4) is 0 Å². The summed E-state index contributed by atoms with van der Waals surface area (Å²) in [5.74, 6) is 0. The number of hydrogen-bond acceptors (Lipinski definition) is 0. The van der Waals surface area contributed by atoms with Gasteiger partial charge in [0, 0.05) is 0 Å². The lowest BCUT2D eigenvalue weighted by Crippen LogP contribution is -1.91. The molecule has 0 N–H and O–H groups in total. The van der Waals surface area contributed by atoms with Crippen LogP contribution in [0.25, 0.3) is 0 Å². The molecule has 0 spiro atoms. The second-order valence-electron chi connectivity index (χ2n) is 7.83. The van der Waals surface area contributed by atoms with Crippen LogP contribution in [0, 0.1) is 0 Å². The zero-order valence-corrected chi connectivity index (χ0v) is 21.8. The summed E-state index contributed by atoms with van der Waals surface area (Å²) in [6, 6.07) is 0. The molecule has 0 aliphatic carbocycles. The zero-order valence-electron chi connectivity index (χ0n) is 20.0. The van der Waals surface area contributed by atoms with Gasteiger partial charge in [0.05, 0.1) is 0 Å². The van der Waals surface area contributed by atoms with Crippen molar-refractivity contribution < 1.29 is 0 Å². The number of rotatable bonds is 11. The van der Waals surface area contributed by atoms with Gasteiger partial charge in [-0.3, -0.25) is 0 Å². The predicted octanol–water partition coefficient (Wildman–Crippen LogP) is 8.86. The Bertz CT molecular complexity index is 648. The fourth-order valence-corrected chi connectivity index (χ4v) is 13.0. The van der Waals surface area contributed by atoms with Crippen LogP contribution in [-0.4, -0.2) is 0 Å². The average molecular weight is 419 g/mol. The first-order valence-corrected chi connectivity index (χ1v) is 15.1. The van der Waals surface area contributed by atoms with Crippen LogP contribution in [0.2, 0.25) is 0 Å². The van der Waals surface area contributed by atoms with Crippen molar-refractivity contribution in [3.05, 3.63) is 43.4 Å². The normalized spacial score (nSPS) is 11.6. The molecule has 2 aromatic rings. The van der Waals surface area contributed by atoms with Gasteiger partial charge >= 0.3 is 0 Å². The molecule has 0 aliphatic heterocycles. The van der Waals surface area contributed by atoms with Crippen molar-refractivity contribution in [3.63, 3.8) is 0 Å². The Morgan fingerprint density at radius 3 is 0.714 bits per heavy atom. The first kappa shape index (κ1) is 23.8. The van der Waals surface area contributed by atoms with Crippen molar-refractivity contribution in [1.82, 2.24) is 0 Å². The molecule has 0 radical (unpaired) electrons. The van der Waals surface area contributed by atoms with Crippen molar-refractivity contribution in [1.29, 1.82) is 0 Å². The lowest BCUT2D eigenvalue weighted by Gasteiger charge is -2.13. The summed E-state index contributed by atoms with van der Waals surface area (Å²) in [6.07, 6.45) is 12.9. The molecule has 2 rings (SSSR count). The van der Waals surface area contributed by atoms with E-state index in [0.29, 0.717) is 0 Å². The summed E-state index contributed by atoms with van der Waals surface area (Å²) in [4.78, 5) is 0. The molecule has 0 saturated heterocycles.